The van der Waals surface area contributed by atoms with Crippen LogP contribution in [-0.4, -0.2) is 26.9 Å². The number of aryl methyl sites for hydroxylation is 2. The lowest BCUT2D eigenvalue weighted by atomic mass is 10.1. The number of thiazole rings is 1. The molecule has 0 bridgehead atoms. The summed E-state index contributed by atoms with van der Waals surface area (Å²) in [5.74, 6) is 0. The molecule has 0 aliphatic rings. The van der Waals surface area contributed by atoms with Gasteiger partial charge in [-0.2, -0.15) is 0 Å². The van der Waals surface area contributed by atoms with Crippen LogP contribution in [0, 0.1) is 13.8 Å². The molecular formula is C29H27ClN4OS. The van der Waals surface area contributed by atoms with Crippen molar-refractivity contribution < 1.29 is 4.79 Å². The number of nitrogens with one attached hydrogen (secondary N) is 1. The Kier molecular flexibility index (Phi) is 7.07. The van der Waals surface area contributed by atoms with Gasteiger partial charge in [0, 0.05) is 53.1 Å². The number of amides is 2. The summed E-state index contributed by atoms with van der Waals surface area (Å²) in [4.78, 5) is 21.0. The largest absolute Gasteiger partial charge is 0.322 e. The number of benzene rings is 3. The zero-order valence-electron chi connectivity index (χ0n) is 20.2. The van der Waals surface area contributed by atoms with Gasteiger partial charge in [-0.05, 0) is 42.7 Å². The van der Waals surface area contributed by atoms with Crippen molar-refractivity contribution >= 4 is 39.6 Å². The third kappa shape index (κ3) is 5.30. The number of halogens is 1. The van der Waals surface area contributed by atoms with Gasteiger partial charge in [-0.15, -0.1) is 11.3 Å². The molecule has 2 heterocycles. The van der Waals surface area contributed by atoms with E-state index in [4.69, 9.17) is 16.6 Å². The second kappa shape index (κ2) is 10.6. The molecule has 0 spiro atoms. The number of urea groups is 1. The van der Waals surface area contributed by atoms with Gasteiger partial charge in [0.15, 0.2) is 4.96 Å². The topological polar surface area (TPSA) is 49.6 Å². The number of anilines is 1. The Morgan fingerprint density at radius 3 is 2.44 bits per heavy atom. The number of imidazole rings is 1. The molecule has 0 aliphatic heterocycles. The lowest BCUT2D eigenvalue weighted by Gasteiger charge is -2.24. The predicted molar refractivity (Wildman–Crippen MR) is 149 cm³/mol. The molecular weight excluding hydrogens is 488 g/mol. The van der Waals surface area contributed by atoms with Crippen molar-refractivity contribution in [3.63, 3.8) is 0 Å². The standard InChI is InChI=1S/C29H27ClN4OS/c1-20-7-6-8-21(2)27(20)32-28(35)33(17-22-9-4-3-5-10-22)16-15-25-19-36-29-31-26(18-34(25)29)23-11-13-24(30)14-12-23/h3-14,18-19H,15-17H2,1-2H3,(H,32,35). The molecule has 1 N–H and O–H groups in total. The number of rotatable bonds is 7. The smallest absolute Gasteiger partial charge is 0.320 e. The van der Waals surface area contributed by atoms with Crippen LogP contribution in [0.5, 0.6) is 0 Å². The molecule has 36 heavy (non-hydrogen) atoms. The minimum atomic E-state index is -0.102. The van der Waals surface area contributed by atoms with Gasteiger partial charge < -0.3 is 10.2 Å². The maximum Gasteiger partial charge on any atom is 0.322 e. The molecule has 0 saturated carbocycles. The van der Waals surface area contributed by atoms with E-state index in [9.17, 15) is 4.79 Å². The zero-order valence-corrected chi connectivity index (χ0v) is 21.8. The highest BCUT2D eigenvalue weighted by molar-refractivity contribution is 7.15. The SMILES string of the molecule is Cc1cccc(C)c1NC(=O)N(CCc1csc2nc(-c3ccc(Cl)cc3)cn12)Cc1ccccc1. The Balaban J connectivity index is 1.37. The molecule has 2 aromatic heterocycles. The average Bonchev–Trinajstić information content (AvgIpc) is 3.46. The summed E-state index contributed by atoms with van der Waals surface area (Å²) >= 11 is 7.65. The lowest BCUT2D eigenvalue weighted by Crippen LogP contribution is -2.36. The number of fused-ring (bicyclic) bond motifs is 1. The molecule has 5 nitrogen and oxygen atoms in total. The molecule has 7 heteroatoms. The van der Waals surface area contributed by atoms with Gasteiger partial charge in [-0.25, -0.2) is 9.78 Å². The summed E-state index contributed by atoms with van der Waals surface area (Å²) < 4.78 is 2.12. The van der Waals surface area contributed by atoms with E-state index >= 15 is 0 Å². The summed E-state index contributed by atoms with van der Waals surface area (Å²) in [6, 6.07) is 23.8. The Bertz CT molecular complexity index is 1470. The Hall–Kier alpha value is -3.61. The van der Waals surface area contributed by atoms with Gasteiger partial charge in [0.2, 0.25) is 0 Å². The van der Waals surface area contributed by atoms with E-state index < -0.39 is 0 Å². The van der Waals surface area contributed by atoms with E-state index in [1.54, 1.807) is 11.3 Å². The Morgan fingerprint density at radius 1 is 1.00 bits per heavy atom. The fourth-order valence-electron chi connectivity index (χ4n) is 4.27. The molecule has 5 aromatic rings. The highest BCUT2D eigenvalue weighted by Crippen LogP contribution is 2.26. The Labute approximate surface area is 220 Å². The fraction of sp³-hybridized carbons (Fsp3) is 0.172. The molecule has 2 amide bonds. The molecule has 0 saturated heterocycles. The molecule has 5 rings (SSSR count). The number of carbonyl (C=O) groups excluding carboxylic acids is 1. The molecule has 0 radical (unpaired) electrons. The monoisotopic (exact) mass is 514 g/mol. The number of nitrogens with zero attached hydrogens (tertiary/aromatic N) is 3. The van der Waals surface area contributed by atoms with Crippen molar-refractivity contribution in [2.45, 2.75) is 26.8 Å². The van der Waals surface area contributed by atoms with Crippen molar-refractivity contribution in [1.82, 2.24) is 14.3 Å². The minimum absolute atomic E-state index is 0.102. The van der Waals surface area contributed by atoms with Crippen LogP contribution in [0.3, 0.4) is 0 Å². The predicted octanol–water partition coefficient (Wildman–Crippen LogP) is 7.61. The number of hydrogen-bond acceptors (Lipinski definition) is 3. The third-order valence-electron chi connectivity index (χ3n) is 6.28. The zero-order chi connectivity index (χ0) is 25.1. The highest BCUT2D eigenvalue weighted by atomic mass is 35.5. The molecule has 0 aliphatic carbocycles. The third-order valence-corrected chi connectivity index (χ3v) is 7.42. The first-order valence-corrected chi connectivity index (χ1v) is 13.1. The number of carbonyl (C=O) groups is 1. The van der Waals surface area contributed by atoms with Crippen molar-refractivity contribution in [3.8, 4) is 11.3 Å². The van der Waals surface area contributed by atoms with E-state index in [-0.39, 0.29) is 6.03 Å². The molecule has 0 unspecified atom stereocenters. The summed E-state index contributed by atoms with van der Waals surface area (Å²) in [7, 11) is 0. The quantitative estimate of drug-likeness (QED) is 0.243. The van der Waals surface area contributed by atoms with Crippen LogP contribution in [0.1, 0.15) is 22.4 Å². The van der Waals surface area contributed by atoms with E-state index in [1.807, 2.05) is 79.4 Å². The molecule has 0 atom stereocenters. The Morgan fingerprint density at radius 2 is 1.72 bits per heavy atom. The maximum absolute atomic E-state index is 13.4. The van der Waals surface area contributed by atoms with E-state index in [2.05, 4.69) is 33.4 Å². The van der Waals surface area contributed by atoms with Crippen LogP contribution in [0.2, 0.25) is 5.02 Å². The molecule has 0 fully saturated rings. The first kappa shape index (κ1) is 24.1. The van der Waals surface area contributed by atoms with Gasteiger partial charge in [-0.1, -0.05) is 72.3 Å². The number of hydrogen-bond donors (Lipinski definition) is 1. The highest BCUT2D eigenvalue weighted by Gasteiger charge is 2.18. The van der Waals surface area contributed by atoms with Gasteiger partial charge in [0.25, 0.3) is 0 Å². The molecule has 3 aromatic carbocycles. The number of para-hydroxylation sites is 1. The van der Waals surface area contributed by atoms with Crippen molar-refractivity contribution in [2.24, 2.45) is 0 Å². The van der Waals surface area contributed by atoms with Gasteiger partial charge in [0.1, 0.15) is 0 Å². The van der Waals surface area contributed by atoms with Gasteiger partial charge in [-0.3, -0.25) is 4.40 Å². The average molecular weight is 515 g/mol. The van der Waals surface area contributed by atoms with E-state index in [0.29, 0.717) is 24.5 Å². The van der Waals surface area contributed by atoms with Crippen LogP contribution >= 0.6 is 22.9 Å². The first-order valence-electron chi connectivity index (χ1n) is 11.9. The summed E-state index contributed by atoms with van der Waals surface area (Å²) in [5, 5.41) is 5.99. The summed E-state index contributed by atoms with van der Waals surface area (Å²) in [5.41, 5.74) is 7.14. The minimum Gasteiger partial charge on any atom is -0.320 e. The molecule has 182 valence electrons. The van der Waals surface area contributed by atoms with Crippen LogP contribution in [0.25, 0.3) is 16.2 Å². The van der Waals surface area contributed by atoms with Crippen molar-refractivity contribution in [1.29, 1.82) is 0 Å². The second-order valence-corrected chi connectivity index (χ2v) is 10.1. The van der Waals surface area contributed by atoms with Crippen LogP contribution in [-0.2, 0) is 13.0 Å². The van der Waals surface area contributed by atoms with Crippen molar-refractivity contribution in [2.75, 3.05) is 11.9 Å². The first-order chi connectivity index (χ1) is 17.5. The number of aromatic nitrogens is 2. The van der Waals surface area contributed by atoms with Gasteiger partial charge >= 0.3 is 6.03 Å². The van der Waals surface area contributed by atoms with Crippen LogP contribution in [0.15, 0.2) is 84.4 Å². The van der Waals surface area contributed by atoms with Crippen LogP contribution in [0.4, 0.5) is 10.5 Å². The lowest BCUT2D eigenvalue weighted by molar-refractivity contribution is 0.209. The summed E-state index contributed by atoms with van der Waals surface area (Å²) in [6.45, 7) is 5.14. The van der Waals surface area contributed by atoms with E-state index in [0.717, 1.165) is 44.3 Å². The summed E-state index contributed by atoms with van der Waals surface area (Å²) in [6.07, 6.45) is 2.77. The van der Waals surface area contributed by atoms with Gasteiger partial charge in [0.05, 0.1) is 5.69 Å². The van der Waals surface area contributed by atoms with Crippen LogP contribution < -0.4 is 5.32 Å². The van der Waals surface area contributed by atoms with E-state index in [1.165, 1.54) is 0 Å². The maximum atomic E-state index is 13.4. The second-order valence-electron chi connectivity index (χ2n) is 8.87. The fourth-order valence-corrected chi connectivity index (χ4v) is 5.31. The van der Waals surface area contributed by atoms with Crippen molar-refractivity contribution in [3.05, 3.63) is 112 Å². The normalized spacial score (nSPS) is 11.1.